The van der Waals surface area contributed by atoms with Crippen molar-refractivity contribution in [3.8, 4) is 11.3 Å². The number of carbonyl (C=O) groups excluding carboxylic acids is 1. The standard InChI is InChI=1S/C20H15N5O/c26-19(25-18-13-22-9-10-23-18)11-15-4-1-3-14-6-7-17(24-20(14)15)16-5-2-8-21-12-16/h1-10,12-13H,11H2,(H,23,25,26). The normalized spacial score (nSPS) is 10.6. The van der Waals surface area contributed by atoms with Crippen LogP contribution in [0.5, 0.6) is 0 Å². The summed E-state index contributed by atoms with van der Waals surface area (Å²) in [7, 11) is 0. The summed E-state index contributed by atoms with van der Waals surface area (Å²) in [6.07, 6.45) is 8.32. The fourth-order valence-electron chi connectivity index (χ4n) is 2.75. The summed E-state index contributed by atoms with van der Waals surface area (Å²) >= 11 is 0. The zero-order valence-electron chi connectivity index (χ0n) is 13.8. The largest absolute Gasteiger partial charge is 0.309 e. The number of carbonyl (C=O) groups is 1. The van der Waals surface area contributed by atoms with Gasteiger partial charge in [-0.25, -0.2) is 9.97 Å². The Balaban J connectivity index is 1.65. The summed E-state index contributed by atoms with van der Waals surface area (Å²) in [4.78, 5) is 29.3. The molecule has 0 aliphatic rings. The number of fused-ring (bicyclic) bond motifs is 1. The Hall–Kier alpha value is -3.67. The monoisotopic (exact) mass is 341 g/mol. The highest BCUT2D eigenvalue weighted by Gasteiger charge is 2.10. The number of anilines is 1. The molecule has 6 heteroatoms. The molecule has 0 spiro atoms. The van der Waals surface area contributed by atoms with Crippen molar-refractivity contribution in [1.82, 2.24) is 19.9 Å². The number of rotatable bonds is 4. The predicted molar refractivity (Wildman–Crippen MR) is 99.3 cm³/mol. The van der Waals surface area contributed by atoms with Gasteiger partial charge in [0.15, 0.2) is 5.82 Å². The van der Waals surface area contributed by atoms with Crippen LogP contribution in [0.2, 0.25) is 0 Å². The Morgan fingerprint density at radius 2 is 1.85 bits per heavy atom. The van der Waals surface area contributed by atoms with Gasteiger partial charge >= 0.3 is 0 Å². The molecule has 0 radical (unpaired) electrons. The van der Waals surface area contributed by atoms with Crippen molar-refractivity contribution >= 4 is 22.6 Å². The summed E-state index contributed by atoms with van der Waals surface area (Å²) in [5, 5.41) is 3.74. The molecule has 0 aliphatic carbocycles. The molecule has 3 aromatic heterocycles. The van der Waals surface area contributed by atoms with Crippen molar-refractivity contribution in [3.05, 3.63) is 79.0 Å². The minimum absolute atomic E-state index is 0.161. The molecule has 0 bridgehead atoms. The number of benzene rings is 1. The van der Waals surface area contributed by atoms with Gasteiger partial charge in [-0.05, 0) is 23.8 Å². The number of hydrogen-bond donors (Lipinski definition) is 1. The van der Waals surface area contributed by atoms with Crippen LogP contribution in [-0.2, 0) is 11.2 Å². The molecule has 4 rings (SSSR count). The van der Waals surface area contributed by atoms with Crippen LogP contribution in [0.1, 0.15) is 5.56 Å². The van der Waals surface area contributed by atoms with Gasteiger partial charge in [-0.15, -0.1) is 0 Å². The van der Waals surface area contributed by atoms with Gasteiger partial charge < -0.3 is 5.32 Å². The average molecular weight is 341 g/mol. The summed E-state index contributed by atoms with van der Waals surface area (Å²) in [5.41, 5.74) is 3.43. The molecule has 126 valence electrons. The number of nitrogens with zero attached hydrogens (tertiary/aromatic N) is 4. The molecule has 0 fully saturated rings. The zero-order chi connectivity index (χ0) is 17.8. The number of nitrogens with one attached hydrogen (secondary N) is 1. The molecule has 0 aliphatic heterocycles. The van der Waals surface area contributed by atoms with Crippen LogP contribution in [0, 0.1) is 0 Å². The molecule has 1 N–H and O–H groups in total. The number of aromatic nitrogens is 4. The Kier molecular flexibility index (Phi) is 4.30. The first kappa shape index (κ1) is 15.8. The molecule has 0 saturated heterocycles. The third kappa shape index (κ3) is 3.39. The minimum Gasteiger partial charge on any atom is -0.309 e. The van der Waals surface area contributed by atoms with Crippen LogP contribution in [0.3, 0.4) is 0 Å². The summed E-state index contributed by atoms with van der Waals surface area (Å²) in [6, 6.07) is 13.6. The molecule has 1 aromatic carbocycles. The van der Waals surface area contributed by atoms with E-state index in [0.717, 1.165) is 27.7 Å². The molecule has 0 saturated carbocycles. The second-order valence-corrected chi connectivity index (χ2v) is 5.74. The molecule has 1 amide bonds. The maximum Gasteiger partial charge on any atom is 0.230 e. The first-order valence-electron chi connectivity index (χ1n) is 8.14. The lowest BCUT2D eigenvalue weighted by Gasteiger charge is -2.08. The molecular weight excluding hydrogens is 326 g/mol. The minimum atomic E-state index is -0.161. The van der Waals surface area contributed by atoms with E-state index >= 15 is 0 Å². The lowest BCUT2D eigenvalue weighted by atomic mass is 10.0. The number of para-hydroxylation sites is 1. The Morgan fingerprint density at radius 1 is 0.923 bits per heavy atom. The van der Waals surface area contributed by atoms with Gasteiger partial charge in [0.25, 0.3) is 0 Å². The Bertz CT molecular complexity index is 1050. The Labute approximate surface area is 150 Å². The number of hydrogen-bond acceptors (Lipinski definition) is 5. The lowest BCUT2D eigenvalue weighted by molar-refractivity contribution is -0.115. The first-order chi connectivity index (χ1) is 12.8. The smallest absolute Gasteiger partial charge is 0.230 e. The van der Waals surface area contributed by atoms with Crippen molar-refractivity contribution in [2.24, 2.45) is 0 Å². The van der Waals surface area contributed by atoms with E-state index in [2.05, 4.69) is 20.3 Å². The summed E-state index contributed by atoms with van der Waals surface area (Å²) in [5.74, 6) is 0.272. The molecule has 26 heavy (non-hydrogen) atoms. The quantitative estimate of drug-likeness (QED) is 0.616. The highest BCUT2D eigenvalue weighted by atomic mass is 16.1. The average Bonchev–Trinajstić information content (AvgIpc) is 2.69. The highest BCUT2D eigenvalue weighted by Crippen LogP contribution is 2.23. The predicted octanol–water partition coefficient (Wildman–Crippen LogP) is 3.27. The number of amides is 1. The molecule has 3 heterocycles. The van der Waals surface area contributed by atoms with Gasteiger partial charge in [-0.1, -0.05) is 24.3 Å². The van der Waals surface area contributed by atoms with E-state index in [-0.39, 0.29) is 12.3 Å². The first-order valence-corrected chi connectivity index (χ1v) is 8.14. The van der Waals surface area contributed by atoms with Gasteiger partial charge in [0.05, 0.1) is 23.8 Å². The SMILES string of the molecule is O=C(Cc1cccc2ccc(-c3cccnc3)nc12)Nc1cnccn1. The maximum atomic E-state index is 12.4. The second kappa shape index (κ2) is 7.06. The highest BCUT2D eigenvalue weighted by molar-refractivity contribution is 5.94. The van der Waals surface area contributed by atoms with Crippen molar-refractivity contribution < 1.29 is 4.79 Å². The van der Waals surface area contributed by atoms with Gasteiger partial charge in [0, 0.05) is 35.7 Å². The van der Waals surface area contributed by atoms with Crippen molar-refractivity contribution in [2.45, 2.75) is 6.42 Å². The van der Waals surface area contributed by atoms with E-state index in [1.807, 2.05) is 42.5 Å². The van der Waals surface area contributed by atoms with Crippen molar-refractivity contribution in [1.29, 1.82) is 0 Å². The third-order valence-electron chi connectivity index (χ3n) is 3.94. The van der Waals surface area contributed by atoms with E-state index in [9.17, 15) is 4.79 Å². The molecule has 4 aromatic rings. The zero-order valence-corrected chi connectivity index (χ0v) is 13.8. The summed E-state index contributed by atoms with van der Waals surface area (Å²) in [6.45, 7) is 0. The van der Waals surface area contributed by atoms with Gasteiger partial charge in [-0.2, -0.15) is 0 Å². The van der Waals surface area contributed by atoms with Crippen molar-refractivity contribution in [3.63, 3.8) is 0 Å². The van der Waals surface area contributed by atoms with Crippen LogP contribution >= 0.6 is 0 Å². The van der Waals surface area contributed by atoms with E-state index < -0.39 is 0 Å². The van der Waals surface area contributed by atoms with Crippen LogP contribution < -0.4 is 5.32 Å². The van der Waals surface area contributed by atoms with Crippen molar-refractivity contribution in [2.75, 3.05) is 5.32 Å². The van der Waals surface area contributed by atoms with E-state index in [0.29, 0.717) is 5.82 Å². The van der Waals surface area contributed by atoms with Crippen LogP contribution in [0.15, 0.2) is 73.4 Å². The van der Waals surface area contributed by atoms with E-state index in [1.54, 1.807) is 18.6 Å². The number of pyridine rings is 2. The van der Waals surface area contributed by atoms with Gasteiger partial charge in [0.2, 0.25) is 5.91 Å². The van der Waals surface area contributed by atoms with Crippen LogP contribution in [-0.4, -0.2) is 25.8 Å². The van der Waals surface area contributed by atoms with Crippen LogP contribution in [0.25, 0.3) is 22.2 Å². The fourth-order valence-corrected chi connectivity index (χ4v) is 2.75. The molecule has 0 atom stereocenters. The maximum absolute atomic E-state index is 12.4. The van der Waals surface area contributed by atoms with Crippen LogP contribution in [0.4, 0.5) is 5.82 Å². The second-order valence-electron chi connectivity index (χ2n) is 5.74. The third-order valence-corrected chi connectivity index (χ3v) is 3.94. The fraction of sp³-hybridized carbons (Fsp3) is 0.0500. The van der Waals surface area contributed by atoms with Gasteiger partial charge in [-0.3, -0.25) is 14.8 Å². The lowest BCUT2D eigenvalue weighted by Crippen LogP contribution is -2.15. The topological polar surface area (TPSA) is 80.7 Å². The molecule has 6 nitrogen and oxygen atoms in total. The summed E-state index contributed by atoms with van der Waals surface area (Å²) < 4.78 is 0. The van der Waals surface area contributed by atoms with E-state index in [4.69, 9.17) is 4.98 Å². The molecule has 0 unspecified atom stereocenters. The van der Waals surface area contributed by atoms with E-state index in [1.165, 1.54) is 12.4 Å². The Morgan fingerprint density at radius 3 is 2.65 bits per heavy atom. The van der Waals surface area contributed by atoms with Gasteiger partial charge in [0.1, 0.15) is 0 Å². The molecular formula is C20H15N5O.